The number of esters is 1. The minimum Gasteiger partial charge on any atom is -0.452 e. The van der Waals surface area contributed by atoms with Crippen LogP contribution in [-0.4, -0.2) is 52.6 Å². The minimum atomic E-state index is -0.693. The molecule has 3 amide bonds. The predicted octanol–water partition coefficient (Wildman–Crippen LogP) is 7.82. The highest BCUT2D eigenvalue weighted by Gasteiger charge is 2.35. The van der Waals surface area contributed by atoms with Gasteiger partial charge in [0.2, 0.25) is 0 Å². The zero-order valence-electron chi connectivity index (χ0n) is 27.1. The number of pyridine rings is 1. The molecule has 49 heavy (non-hydrogen) atoms. The van der Waals surface area contributed by atoms with E-state index in [2.05, 4.69) is 26.1 Å². The molecule has 6 rings (SSSR count). The Balaban J connectivity index is 1.09. The van der Waals surface area contributed by atoms with Crippen LogP contribution in [0.4, 0.5) is 9.18 Å². The topological polar surface area (TPSA) is 106 Å². The molecule has 2 aliphatic rings. The third-order valence-electron chi connectivity index (χ3n) is 8.40. The first-order valence-corrected chi connectivity index (χ1v) is 17.0. The summed E-state index contributed by atoms with van der Waals surface area (Å²) in [6, 6.07) is 19.4. The van der Waals surface area contributed by atoms with Crippen molar-refractivity contribution in [1.29, 1.82) is 0 Å². The van der Waals surface area contributed by atoms with Crippen molar-refractivity contribution in [3.8, 4) is 0 Å². The Bertz CT molecular complexity index is 2050. The van der Waals surface area contributed by atoms with Crippen molar-refractivity contribution in [2.75, 3.05) is 19.7 Å². The van der Waals surface area contributed by atoms with Crippen molar-refractivity contribution in [1.82, 2.24) is 15.2 Å². The Labute approximate surface area is 292 Å². The first-order valence-electron chi connectivity index (χ1n) is 15.8. The highest BCUT2D eigenvalue weighted by molar-refractivity contribution is 8.18. The molecule has 0 spiro atoms. The van der Waals surface area contributed by atoms with E-state index in [1.54, 1.807) is 42.5 Å². The number of halogens is 2. The number of nitrogens with one attached hydrogen (secondary N) is 1. The Kier molecular flexibility index (Phi) is 9.72. The van der Waals surface area contributed by atoms with Gasteiger partial charge in [0, 0.05) is 24.0 Å². The van der Waals surface area contributed by atoms with Crippen LogP contribution in [0.1, 0.15) is 65.5 Å². The van der Waals surface area contributed by atoms with E-state index >= 15 is 0 Å². The van der Waals surface area contributed by atoms with Crippen LogP contribution in [0.3, 0.4) is 0 Å². The molecule has 4 aromatic rings. The maximum Gasteiger partial charge on any atom is 0.339 e. The minimum absolute atomic E-state index is 0.00466. The average Bonchev–Trinajstić information content (AvgIpc) is 3.58. The van der Waals surface area contributed by atoms with Crippen LogP contribution in [0.5, 0.6) is 0 Å². The van der Waals surface area contributed by atoms with E-state index in [4.69, 9.17) is 21.3 Å². The number of aromatic nitrogens is 1. The molecule has 1 N–H and O–H groups in total. The number of amides is 3. The molecule has 1 aliphatic carbocycles. The maximum atomic E-state index is 14.6. The molecule has 0 saturated carbocycles. The fourth-order valence-electron chi connectivity index (χ4n) is 5.82. The van der Waals surface area contributed by atoms with Gasteiger partial charge in [-0.25, -0.2) is 14.2 Å². The van der Waals surface area contributed by atoms with Crippen LogP contribution in [0, 0.1) is 5.82 Å². The molecule has 0 atom stereocenters. The Morgan fingerprint density at radius 3 is 2.51 bits per heavy atom. The van der Waals surface area contributed by atoms with Gasteiger partial charge in [0.05, 0.1) is 26.7 Å². The van der Waals surface area contributed by atoms with Crippen LogP contribution in [-0.2, 0) is 26.2 Å². The fourth-order valence-corrected chi connectivity index (χ4v) is 6.90. The second-order valence-corrected chi connectivity index (χ2v) is 14.2. The number of nitrogens with zero attached hydrogens (tertiary/aromatic N) is 2. The highest BCUT2D eigenvalue weighted by atomic mass is 35.5. The molecule has 1 saturated heterocycles. The van der Waals surface area contributed by atoms with Crippen LogP contribution in [0.15, 0.2) is 71.6 Å². The molecule has 250 valence electrons. The van der Waals surface area contributed by atoms with E-state index in [9.17, 15) is 23.6 Å². The fraction of sp³-hybridized carbons (Fsp3) is 0.237. The van der Waals surface area contributed by atoms with Crippen LogP contribution >= 0.6 is 23.4 Å². The quantitative estimate of drug-likeness (QED) is 0.148. The molecule has 0 unspecified atom stereocenters. The van der Waals surface area contributed by atoms with Gasteiger partial charge >= 0.3 is 5.97 Å². The smallest absolute Gasteiger partial charge is 0.339 e. The van der Waals surface area contributed by atoms with Gasteiger partial charge in [-0.1, -0.05) is 80.9 Å². The molecule has 1 aromatic heterocycles. The molecule has 1 aliphatic heterocycles. The van der Waals surface area contributed by atoms with Crippen molar-refractivity contribution >= 4 is 75.0 Å². The van der Waals surface area contributed by atoms with Gasteiger partial charge in [-0.15, -0.1) is 0 Å². The van der Waals surface area contributed by atoms with E-state index in [0.29, 0.717) is 45.5 Å². The molecule has 2 heterocycles. The van der Waals surface area contributed by atoms with E-state index in [1.165, 1.54) is 12.1 Å². The largest absolute Gasteiger partial charge is 0.452 e. The normalized spacial score (nSPS) is 16.1. The van der Waals surface area contributed by atoms with Crippen molar-refractivity contribution in [2.45, 2.75) is 39.0 Å². The molecule has 1 fully saturated rings. The van der Waals surface area contributed by atoms with Gasteiger partial charge in [-0.3, -0.25) is 19.3 Å². The third kappa shape index (κ3) is 7.30. The molecule has 0 bridgehead atoms. The predicted molar refractivity (Wildman–Crippen MR) is 190 cm³/mol. The number of hydrogen-bond acceptors (Lipinski definition) is 7. The van der Waals surface area contributed by atoms with Gasteiger partial charge in [0.1, 0.15) is 5.82 Å². The van der Waals surface area contributed by atoms with Gasteiger partial charge in [0.15, 0.2) is 6.61 Å². The summed E-state index contributed by atoms with van der Waals surface area (Å²) in [7, 11) is 0. The summed E-state index contributed by atoms with van der Waals surface area (Å²) in [5.41, 5.74) is 5.01. The highest BCUT2D eigenvalue weighted by Crippen LogP contribution is 2.39. The number of rotatable bonds is 8. The summed E-state index contributed by atoms with van der Waals surface area (Å²) >= 11 is 7.12. The third-order valence-corrected chi connectivity index (χ3v) is 9.64. The zero-order chi connectivity index (χ0) is 34.9. The Hall–Kier alpha value is -4.80. The SMILES string of the molecule is CC(C)(C)c1ccc(/C=C2/SC(=O)N(CCNC(=O)COC(=O)c3c4c(nc5ccccc35)/C(=C\c3c(F)cccc3Cl)CC4)C2=O)cc1. The molecule has 3 aromatic carbocycles. The van der Waals surface area contributed by atoms with Crippen molar-refractivity contribution in [3.63, 3.8) is 0 Å². The monoisotopic (exact) mass is 697 g/mol. The number of imide groups is 1. The lowest BCUT2D eigenvalue weighted by Crippen LogP contribution is -2.38. The van der Waals surface area contributed by atoms with Gasteiger partial charge < -0.3 is 10.1 Å². The summed E-state index contributed by atoms with van der Waals surface area (Å²) in [6.07, 6.45) is 4.32. The lowest BCUT2D eigenvalue weighted by molar-refractivity contribution is -0.125. The van der Waals surface area contributed by atoms with E-state index < -0.39 is 35.4 Å². The number of carbonyl (C=O) groups excluding carboxylic acids is 4. The summed E-state index contributed by atoms with van der Waals surface area (Å²) in [4.78, 5) is 57.9. The van der Waals surface area contributed by atoms with Gasteiger partial charge in [-0.2, -0.15) is 0 Å². The standard InChI is InChI=1S/C38H33ClFN3O5S/c1-38(2,3)24-14-11-22(12-15-24)19-31-35(45)43(37(47)49-31)18-17-41-32(44)21-48-36(46)33-25-7-4-5-10-30(25)42-34-23(13-16-26(33)34)20-27-28(39)8-6-9-29(27)40/h4-12,14-15,19-20H,13,16-18,21H2,1-3H3,(H,41,44)/b23-20-,31-19+. The number of hydrogen-bond donors (Lipinski definition) is 1. The Morgan fingerprint density at radius 2 is 1.78 bits per heavy atom. The van der Waals surface area contributed by atoms with Gasteiger partial charge in [0.25, 0.3) is 17.1 Å². The first kappa shape index (κ1) is 34.1. The van der Waals surface area contributed by atoms with Crippen molar-refractivity contribution < 1.29 is 28.3 Å². The summed E-state index contributed by atoms with van der Waals surface area (Å²) in [5.74, 6) is -2.17. The van der Waals surface area contributed by atoms with Crippen molar-refractivity contribution in [3.05, 3.63) is 116 Å². The number of carbonyl (C=O) groups is 4. The second kappa shape index (κ2) is 14.0. The maximum absolute atomic E-state index is 14.6. The molecule has 8 nitrogen and oxygen atoms in total. The first-order chi connectivity index (χ1) is 23.4. The average molecular weight is 698 g/mol. The van der Waals surface area contributed by atoms with Crippen LogP contribution in [0.25, 0.3) is 28.6 Å². The number of para-hydroxylation sites is 1. The van der Waals surface area contributed by atoms with E-state index in [-0.39, 0.29) is 29.1 Å². The number of allylic oxidation sites excluding steroid dienone is 1. The number of fused-ring (bicyclic) bond motifs is 2. The summed E-state index contributed by atoms with van der Waals surface area (Å²) in [5, 5.41) is 3.04. The second-order valence-electron chi connectivity index (χ2n) is 12.8. The van der Waals surface area contributed by atoms with Crippen molar-refractivity contribution in [2.24, 2.45) is 0 Å². The molecule has 0 radical (unpaired) electrons. The van der Waals surface area contributed by atoms with E-state index in [1.807, 2.05) is 24.3 Å². The number of benzene rings is 3. The van der Waals surface area contributed by atoms with Crippen LogP contribution in [0.2, 0.25) is 5.02 Å². The Morgan fingerprint density at radius 1 is 1.02 bits per heavy atom. The summed E-state index contributed by atoms with van der Waals surface area (Å²) < 4.78 is 20.0. The number of thioether (sulfide) groups is 1. The lowest BCUT2D eigenvalue weighted by Gasteiger charge is -2.18. The lowest BCUT2D eigenvalue weighted by atomic mass is 9.87. The zero-order valence-corrected chi connectivity index (χ0v) is 28.7. The molecular formula is C38H33ClFN3O5S. The van der Waals surface area contributed by atoms with Gasteiger partial charge in [-0.05, 0) is 82.6 Å². The number of ether oxygens (including phenoxy) is 1. The summed E-state index contributed by atoms with van der Waals surface area (Å²) in [6.45, 7) is 5.74. The molecular weight excluding hydrogens is 665 g/mol. The van der Waals surface area contributed by atoms with E-state index in [0.717, 1.165) is 33.4 Å². The van der Waals surface area contributed by atoms with Crippen LogP contribution < -0.4 is 5.32 Å². The molecule has 11 heteroatoms.